The van der Waals surface area contributed by atoms with Crippen LogP contribution < -0.4 is 0 Å². The molecule has 0 fully saturated rings. The lowest BCUT2D eigenvalue weighted by Crippen LogP contribution is -2.44. The van der Waals surface area contributed by atoms with Crippen molar-refractivity contribution in [3.8, 4) is 0 Å². The highest BCUT2D eigenvalue weighted by Gasteiger charge is 2.65. The number of alkyl halides is 5. The Balaban J connectivity index is 4.59. The summed E-state index contributed by atoms with van der Waals surface area (Å²) in [4.78, 5) is 9.66. The fraction of sp³-hybridized carbons (Fsp3) is 0.667. The lowest BCUT2D eigenvalue weighted by molar-refractivity contribution is -0.276. The molecule has 0 saturated carbocycles. The highest BCUT2D eigenvalue weighted by molar-refractivity contribution is 6.14. The zero-order valence-electron chi connectivity index (χ0n) is 4.58. The van der Waals surface area contributed by atoms with Gasteiger partial charge in [-0.1, -0.05) is 0 Å². The van der Waals surface area contributed by atoms with E-state index in [1.54, 1.807) is 0 Å². The van der Waals surface area contributed by atoms with E-state index in [4.69, 9.17) is 0 Å². The van der Waals surface area contributed by atoms with Gasteiger partial charge in [0.2, 0.25) is 0 Å². The van der Waals surface area contributed by atoms with Gasteiger partial charge in [0, 0.05) is 0 Å². The standard InChI is InChI=1S/C3ClF5O2/c4-11-1(10)2(5,6)3(7,8)9. The first-order valence-electron chi connectivity index (χ1n) is 2.01. The van der Waals surface area contributed by atoms with E-state index in [0.29, 0.717) is 0 Å². The molecule has 0 atom stereocenters. The van der Waals surface area contributed by atoms with Crippen LogP contribution in [0.2, 0.25) is 0 Å². The van der Waals surface area contributed by atoms with Crippen LogP contribution in [0, 0.1) is 0 Å². The molecule has 0 saturated heterocycles. The Morgan fingerprint density at radius 2 is 1.55 bits per heavy atom. The van der Waals surface area contributed by atoms with Gasteiger partial charge in [0.25, 0.3) is 0 Å². The molecule has 2 nitrogen and oxygen atoms in total. The van der Waals surface area contributed by atoms with Crippen molar-refractivity contribution in [1.29, 1.82) is 0 Å². The molecule has 8 heteroatoms. The first kappa shape index (κ1) is 10.4. The highest BCUT2D eigenvalue weighted by atomic mass is 35.5. The van der Waals surface area contributed by atoms with Gasteiger partial charge in [-0.3, -0.25) is 0 Å². The maximum Gasteiger partial charge on any atom is 0.465 e. The van der Waals surface area contributed by atoms with Crippen molar-refractivity contribution in [3.63, 3.8) is 0 Å². The third-order valence-corrected chi connectivity index (χ3v) is 0.823. The molecular formula is C3ClF5O2. The Morgan fingerprint density at radius 3 is 1.64 bits per heavy atom. The predicted octanol–water partition coefficient (Wildman–Crippen LogP) is 1.88. The molecule has 0 unspecified atom stereocenters. The summed E-state index contributed by atoms with van der Waals surface area (Å²) < 4.78 is 59.5. The molecule has 11 heavy (non-hydrogen) atoms. The van der Waals surface area contributed by atoms with E-state index < -0.39 is 18.1 Å². The normalized spacial score (nSPS) is 12.9. The largest absolute Gasteiger partial charge is 0.465 e. The minimum absolute atomic E-state index is 2.70. The molecule has 66 valence electrons. The lowest BCUT2D eigenvalue weighted by atomic mass is 10.3. The van der Waals surface area contributed by atoms with E-state index in [1.807, 2.05) is 0 Å². The number of carbonyl (C=O) groups is 1. The van der Waals surface area contributed by atoms with Crippen LogP contribution in [0.5, 0.6) is 0 Å². The van der Waals surface area contributed by atoms with E-state index in [-0.39, 0.29) is 0 Å². The van der Waals surface area contributed by atoms with Gasteiger partial charge in [0.05, 0.1) is 0 Å². The van der Waals surface area contributed by atoms with Crippen LogP contribution in [-0.4, -0.2) is 18.1 Å². The van der Waals surface area contributed by atoms with Gasteiger partial charge < -0.3 is 4.29 Å². The second kappa shape index (κ2) is 2.80. The molecular weight excluding hydrogens is 198 g/mol. The van der Waals surface area contributed by atoms with Crippen molar-refractivity contribution in [2.45, 2.75) is 12.1 Å². The monoisotopic (exact) mass is 198 g/mol. The van der Waals surface area contributed by atoms with Gasteiger partial charge in [-0.15, -0.1) is 0 Å². The minimum Gasteiger partial charge on any atom is -0.342 e. The lowest BCUT2D eigenvalue weighted by Gasteiger charge is -2.14. The van der Waals surface area contributed by atoms with E-state index in [2.05, 4.69) is 16.2 Å². The topological polar surface area (TPSA) is 26.3 Å². The first-order valence-corrected chi connectivity index (χ1v) is 2.32. The smallest absolute Gasteiger partial charge is 0.342 e. The zero-order valence-corrected chi connectivity index (χ0v) is 5.34. The molecule has 0 aliphatic carbocycles. The second-order valence-corrected chi connectivity index (χ2v) is 1.59. The Bertz CT molecular complexity index is 164. The van der Waals surface area contributed by atoms with Crippen LogP contribution in [0.15, 0.2) is 0 Å². The van der Waals surface area contributed by atoms with E-state index in [1.165, 1.54) is 0 Å². The van der Waals surface area contributed by atoms with Crippen LogP contribution >= 0.6 is 11.9 Å². The first-order chi connectivity index (χ1) is 4.73. The molecule has 0 aromatic rings. The van der Waals surface area contributed by atoms with Crippen LogP contribution in [0.1, 0.15) is 0 Å². The number of hydrogen-bond acceptors (Lipinski definition) is 2. The maximum absolute atomic E-state index is 11.6. The summed E-state index contributed by atoms with van der Waals surface area (Å²) in [7, 11) is 0. The van der Waals surface area contributed by atoms with Gasteiger partial charge in [-0.2, -0.15) is 22.0 Å². The Hall–Kier alpha value is -0.590. The Labute approximate surface area is 62.0 Å². The molecule has 0 bridgehead atoms. The average molecular weight is 198 g/mol. The number of rotatable bonds is 1. The zero-order chi connectivity index (χ0) is 9.28. The summed E-state index contributed by atoms with van der Waals surface area (Å²) in [5.74, 6) is -8.39. The fourth-order valence-corrected chi connectivity index (χ4v) is 0.261. The summed E-state index contributed by atoms with van der Waals surface area (Å²) in [6, 6.07) is 0. The van der Waals surface area contributed by atoms with E-state index in [9.17, 15) is 26.7 Å². The van der Waals surface area contributed by atoms with Gasteiger partial charge in [-0.05, 0) is 0 Å². The molecule has 0 heterocycles. The third-order valence-electron chi connectivity index (χ3n) is 0.682. The molecule has 0 aliphatic rings. The van der Waals surface area contributed by atoms with Crippen molar-refractivity contribution >= 4 is 17.8 Å². The van der Waals surface area contributed by atoms with Gasteiger partial charge in [-0.25, -0.2) is 4.79 Å². The summed E-state index contributed by atoms with van der Waals surface area (Å²) >= 11 is 4.01. The van der Waals surface area contributed by atoms with Crippen LogP contribution in [-0.2, 0) is 9.08 Å². The summed E-state index contributed by atoms with van der Waals surface area (Å²) in [5, 5.41) is 0. The molecule has 0 aromatic carbocycles. The minimum atomic E-state index is -5.97. The Morgan fingerprint density at radius 1 is 1.18 bits per heavy atom. The average Bonchev–Trinajstić information content (AvgIpc) is 1.83. The molecule has 0 aromatic heterocycles. The Kier molecular flexibility index (Phi) is 2.65. The molecule has 0 amide bonds. The van der Waals surface area contributed by atoms with Crippen molar-refractivity contribution < 1.29 is 31.0 Å². The van der Waals surface area contributed by atoms with Crippen molar-refractivity contribution in [2.24, 2.45) is 0 Å². The van der Waals surface area contributed by atoms with Crippen LogP contribution in [0.4, 0.5) is 22.0 Å². The summed E-state index contributed by atoms with van der Waals surface area (Å²) in [5.41, 5.74) is 0. The van der Waals surface area contributed by atoms with Gasteiger partial charge >= 0.3 is 18.1 Å². The van der Waals surface area contributed by atoms with Crippen LogP contribution in [0.3, 0.4) is 0 Å². The van der Waals surface area contributed by atoms with Crippen molar-refractivity contribution in [1.82, 2.24) is 0 Å². The maximum atomic E-state index is 11.6. The van der Waals surface area contributed by atoms with Gasteiger partial charge in [0.1, 0.15) is 11.9 Å². The molecule has 0 radical (unpaired) electrons. The van der Waals surface area contributed by atoms with E-state index in [0.717, 1.165) is 0 Å². The van der Waals surface area contributed by atoms with E-state index >= 15 is 0 Å². The summed E-state index contributed by atoms with van der Waals surface area (Å²) in [6.45, 7) is 0. The SMILES string of the molecule is O=C(OCl)C(F)(F)C(F)(F)F. The van der Waals surface area contributed by atoms with Gasteiger partial charge in [0.15, 0.2) is 0 Å². The fourth-order valence-electron chi connectivity index (χ4n) is 0.164. The number of carbonyl (C=O) groups excluding carboxylic acids is 1. The highest BCUT2D eigenvalue weighted by Crippen LogP contribution is 2.36. The molecule has 0 rings (SSSR count). The van der Waals surface area contributed by atoms with Crippen LogP contribution in [0.25, 0.3) is 0 Å². The van der Waals surface area contributed by atoms with Crippen molar-refractivity contribution in [3.05, 3.63) is 0 Å². The predicted molar refractivity (Wildman–Crippen MR) is 22.9 cm³/mol. The molecule has 0 spiro atoms. The van der Waals surface area contributed by atoms with Crippen molar-refractivity contribution in [2.75, 3.05) is 0 Å². The molecule has 0 aliphatic heterocycles. The molecule has 0 N–H and O–H groups in total. The number of halogens is 6. The number of hydrogen-bond donors (Lipinski definition) is 0. The third kappa shape index (κ3) is 1.92. The summed E-state index contributed by atoms with van der Waals surface area (Å²) in [6.07, 6.45) is -5.97. The second-order valence-electron chi connectivity index (χ2n) is 1.44. The quantitative estimate of drug-likeness (QED) is 0.602.